The van der Waals surface area contributed by atoms with E-state index in [1.165, 1.54) is 7.11 Å². The number of rotatable bonds is 6. The Morgan fingerprint density at radius 1 is 0.977 bits per heavy atom. The van der Waals surface area contributed by atoms with Gasteiger partial charge in [-0.15, -0.1) is 0 Å². The first-order valence-electron chi connectivity index (χ1n) is 15.7. The first-order chi connectivity index (χ1) is 21.0. The van der Waals surface area contributed by atoms with Crippen molar-refractivity contribution in [3.8, 4) is 0 Å². The van der Waals surface area contributed by atoms with Gasteiger partial charge >= 0.3 is 5.97 Å². The second-order valence-corrected chi connectivity index (χ2v) is 12.3. The zero-order valence-electron chi connectivity index (χ0n) is 26.9. The lowest BCUT2D eigenvalue weighted by atomic mass is 9.83. The Labute approximate surface area is 258 Å². The van der Waals surface area contributed by atoms with Crippen molar-refractivity contribution < 1.29 is 19.4 Å². The van der Waals surface area contributed by atoms with Crippen LogP contribution in [0.2, 0.25) is 0 Å². The molecule has 0 aromatic heterocycles. The van der Waals surface area contributed by atoms with Crippen LogP contribution < -0.4 is 0 Å². The summed E-state index contributed by atoms with van der Waals surface area (Å²) < 4.78 is 4.98. The van der Waals surface area contributed by atoms with Gasteiger partial charge in [0.05, 0.1) is 53.1 Å². The monoisotopic (exact) mass is 592 g/mol. The van der Waals surface area contributed by atoms with Crippen LogP contribution in [0, 0.1) is 11.8 Å². The number of allylic oxidation sites excluding steroid dienone is 10. The number of aliphatic hydroxyl groups excluding tert-OH is 1. The van der Waals surface area contributed by atoms with Crippen LogP contribution in [0.15, 0.2) is 99.5 Å². The molecule has 0 saturated heterocycles. The lowest BCUT2D eigenvalue weighted by Gasteiger charge is -2.19. The molecule has 0 amide bonds. The van der Waals surface area contributed by atoms with Crippen LogP contribution in [-0.2, 0) is 14.3 Å². The Hall–Kier alpha value is -4.04. The number of ether oxygens (including phenoxy) is 1. The third-order valence-electron chi connectivity index (χ3n) is 9.87. The Balaban J connectivity index is 1.66. The van der Waals surface area contributed by atoms with Gasteiger partial charge < -0.3 is 9.84 Å². The first-order valence-corrected chi connectivity index (χ1v) is 15.7. The molecule has 0 unspecified atom stereocenters. The molecule has 1 fully saturated rings. The molecule has 1 N–H and O–H groups in total. The second kappa shape index (κ2) is 11.1. The molecule has 0 spiro atoms. The number of ketones is 1. The number of carbonyl (C=O) groups excluding carboxylic acids is 2. The number of Topliss-reactive ketones (excluding diaryl/α,β-unsaturated/α-hetero) is 1. The maximum Gasteiger partial charge on any atom is 0.305 e. The highest BCUT2D eigenvalue weighted by atomic mass is 16.5. The summed E-state index contributed by atoms with van der Waals surface area (Å²) in [5.41, 5.74) is 13.6. The van der Waals surface area contributed by atoms with Crippen molar-refractivity contribution in [1.82, 2.24) is 0 Å². The van der Waals surface area contributed by atoms with Gasteiger partial charge in [-0.25, -0.2) is 15.0 Å². The Morgan fingerprint density at radius 2 is 1.68 bits per heavy atom. The Morgan fingerprint density at radius 3 is 2.34 bits per heavy atom. The van der Waals surface area contributed by atoms with Gasteiger partial charge in [0.25, 0.3) is 0 Å². The van der Waals surface area contributed by atoms with Crippen LogP contribution in [0.25, 0.3) is 0 Å². The molecule has 8 heteroatoms. The molecule has 3 atom stereocenters. The molecule has 1 aliphatic carbocycles. The molecule has 5 aliphatic heterocycles. The summed E-state index contributed by atoms with van der Waals surface area (Å²) >= 11 is 0. The minimum absolute atomic E-state index is 0.0320. The van der Waals surface area contributed by atoms with Crippen LogP contribution >= 0.6 is 0 Å². The van der Waals surface area contributed by atoms with Crippen molar-refractivity contribution in [3.63, 3.8) is 0 Å². The maximum absolute atomic E-state index is 13.6. The molecule has 228 valence electrons. The lowest BCUT2D eigenvalue weighted by Crippen LogP contribution is -2.19. The number of esters is 1. The van der Waals surface area contributed by atoms with Crippen LogP contribution in [0.1, 0.15) is 80.6 Å². The van der Waals surface area contributed by atoms with E-state index in [1.807, 2.05) is 26.0 Å². The van der Waals surface area contributed by atoms with E-state index in [2.05, 4.69) is 27.7 Å². The van der Waals surface area contributed by atoms with Crippen molar-refractivity contribution >= 4 is 34.6 Å². The largest absolute Gasteiger partial charge is 0.469 e. The molecule has 0 aromatic carbocycles. The highest BCUT2D eigenvalue weighted by Crippen LogP contribution is 2.46. The third kappa shape index (κ3) is 4.53. The second-order valence-electron chi connectivity index (χ2n) is 12.3. The maximum atomic E-state index is 13.6. The fraction of sp³-hybridized carbons (Fsp3) is 0.444. The Bertz CT molecular complexity index is 1780. The molecular weight excluding hydrogens is 552 g/mol. The van der Waals surface area contributed by atoms with Gasteiger partial charge in [0.15, 0.2) is 5.78 Å². The average Bonchev–Trinajstić information content (AvgIpc) is 3.75. The summed E-state index contributed by atoms with van der Waals surface area (Å²) in [5.74, 6) is -0.334. The zero-order chi connectivity index (χ0) is 31.6. The quantitative estimate of drug-likeness (QED) is 0.359. The predicted molar refractivity (Wildman–Crippen MR) is 174 cm³/mol. The predicted octanol–water partition coefficient (Wildman–Crippen LogP) is 6.42. The van der Waals surface area contributed by atoms with E-state index in [4.69, 9.17) is 24.7 Å². The minimum Gasteiger partial charge on any atom is -0.469 e. The van der Waals surface area contributed by atoms with Gasteiger partial charge in [-0.3, -0.25) is 14.6 Å². The summed E-state index contributed by atoms with van der Waals surface area (Å²) in [7, 11) is 1.40. The molecular formula is C36H40N4O4. The number of nitrogens with zero attached hydrogens (tertiary/aromatic N) is 4. The molecule has 0 aromatic rings. The third-order valence-corrected chi connectivity index (χ3v) is 9.87. The average molecular weight is 593 g/mol. The molecule has 6 aliphatic rings. The van der Waals surface area contributed by atoms with E-state index in [1.54, 1.807) is 6.92 Å². The first kappa shape index (κ1) is 30.0. The summed E-state index contributed by atoms with van der Waals surface area (Å²) in [5, 5.41) is 10.9. The van der Waals surface area contributed by atoms with E-state index in [-0.39, 0.29) is 36.4 Å². The Kier molecular flexibility index (Phi) is 7.60. The van der Waals surface area contributed by atoms with E-state index < -0.39 is 6.10 Å². The van der Waals surface area contributed by atoms with Gasteiger partial charge in [-0.1, -0.05) is 20.8 Å². The minimum atomic E-state index is -0.723. The van der Waals surface area contributed by atoms with Crippen molar-refractivity contribution in [2.24, 2.45) is 31.8 Å². The van der Waals surface area contributed by atoms with E-state index in [0.717, 1.165) is 79.6 Å². The number of aliphatic imine (C=N–C) groups is 4. The highest BCUT2D eigenvalue weighted by Gasteiger charge is 2.43. The van der Waals surface area contributed by atoms with E-state index >= 15 is 0 Å². The summed E-state index contributed by atoms with van der Waals surface area (Å²) in [4.78, 5) is 46.4. The molecule has 44 heavy (non-hydrogen) atoms. The number of fused-ring (bicyclic) bond motifs is 4. The van der Waals surface area contributed by atoms with Crippen molar-refractivity contribution in [2.75, 3.05) is 7.11 Å². The zero-order valence-corrected chi connectivity index (χ0v) is 26.9. The van der Waals surface area contributed by atoms with E-state index in [9.17, 15) is 14.7 Å². The van der Waals surface area contributed by atoms with Crippen LogP contribution in [0.5, 0.6) is 0 Å². The fourth-order valence-corrected chi connectivity index (χ4v) is 7.58. The van der Waals surface area contributed by atoms with Gasteiger partial charge in [-0.2, -0.15) is 0 Å². The van der Waals surface area contributed by atoms with Gasteiger partial charge in [0, 0.05) is 47.1 Å². The normalized spacial score (nSPS) is 25.2. The van der Waals surface area contributed by atoms with Gasteiger partial charge in [0.2, 0.25) is 0 Å². The number of hydrogen-bond donors (Lipinski definition) is 1. The van der Waals surface area contributed by atoms with Gasteiger partial charge in [0.1, 0.15) is 0 Å². The standard InChI is InChI=1S/C36H40N4O4/c1-9-21-16(3)25-14-28-31(20(7)41)18(5)34(39-28)19(6)33-17(4)23(11-12-30(43)44-8)35(40-33)24-13-29(42)32-22(10-2)27(38-36(24)32)15-26(21)37-25/h14-15,17,20,23,41H,9-13H2,1-8H3/t17-,20+,23-/m0/s1. The topological polar surface area (TPSA) is 113 Å². The highest BCUT2D eigenvalue weighted by molar-refractivity contribution is 6.38. The molecule has 8 nitrogen and oxygen atoms in total. The lowest BCUT2D eigenvalue weighted by molar-refractivity contribution is -0.140. The number of carbonyl (C=O) groups is 2. The molecule has 0 radical (unpaired) electrons. The van der Waals surface area contributed by atoms with Crippen molar-refractivity contribution in [1.29, 1.82) is 0 Å². The summed E-state index contributed by atoms with van der Waals surface area (Å²) in [6.07, 6.45) is 5.78. The molecule has 8 bridgehead atoms. The number of hydrogen-bond acceptors (Lipinski definition) is 8. The van der Waals surface area contributed by atoms with Crippen molar-refractivity contribution in [2.45, 2.75) is 86.7 Å². The van der Waals surface area contributed by atoms with Crippen molar-refractivity contribution in [3.05, 3.63) is 79.5 Å². The van der Waals surface area contributed by atoms with Crippen LogP contribution in [0.4, 0.5) is 0 Å². The smallest absolute Gasteiger partial charge is 0.305 e. The SMILES string of the molecule is CCC1=C(C)C2=CC3=NC(=C(C)C4=NC(=C5CC(=O)C6=C(CC)C(=CC1=N2)N=C56)[C@@H](CCC(=O)OC)[C@@H]4C)C(C)=C3[C@@H](C)O. The summed E-state index contributed by atoms with van der Waals surface area (Å²) in [6, 6.07) is 0. The number of aliphatic hydroxyl groups is 1. The van der Waals surface area contributed by atoms with E-state index in [0.29, 0.717) is 29.8 Å². The fourth-order valence-electron chi connectivity index (χ4n) is 7.58. The molecule has 1 saturated carbocycles. The van der Waals surface area contributed by atoms with Gasteiger partial charge in [-0.05, 0) is 87.0 Å². The number of methoxy groups -OCH3 is 1. The molecule has 6 rings (SSSR count). The summed E-state index contributed by atoms with van der Waals surface area (Å²) in [6.45, 7) is 14.2. The van der Waals surface area contributed by atoms with Crippen LogP contribution in [-0.4, -0.2) is 52.9 Å². The molecule has 5 heterocycles. The van der Waals surface area contributed by atoms with Crippen LogP contribution in [0.3, 0.4) is 0 Å².